The maximum Gasteiger partial charge on any atom is 0.416 e. The van der Waals surface area contributed by atoms with Gasteiger partial charge in [0.2, 0.25) is 5.82 Å². The molecule has 27 heavy (non-hydrogen) atoms. The fourth-order valence-corrected chi connectivity index (χ4v) is 2.75. The van der Waals surface area contributed by atoms with Gasteiger partial charge in [-0.25, -0.2) is 0 Å². The average molecular weight is 376 g/mol. The maximum absolute atomic E-state index is 12.7. The minimum absolute atomic E-state index is 0.0571. The molecule has 0 saturated heterocycles. The zero-order valence-electron chi connectivity index (χ0n) is 14.9. The maximum atomic E-state index is 12.7. The first kappa shape index (κ1) is 19.0. The summed E-state index contributed by atoms with van der Waals surface area (Å²) >= 11 is 0. The molecule has 0 fully saturated rings. The fourth-order valence-electron chi connectivity index (χ4n) is 2.75. The van der Waals surface area contributed by atoms with Crippen LogP contribution in [0.25, 0.3) is 11.4 Å². The van der Waals surface area contributed by atoms with Gasteiger partial charge in [-0.3, -0.25) is 0 Å². The molecule has 1 atom stereocenters. The van der Waals surface area contributed by atoms with Gasteiger partial charge in [-0.2, -0.15) is 18.0 Å². The Morgan fingerprint density at radius 2 is 1.78 bits per heavy atom. The number of hydrogen-bond donors (Lipinski definition) is 0. The molecular formula is C19H19F3N4O. The lowest BCUT2D eigenvalue weighted by molar-refractivity contribution is -0.137. The van der Waals surface area contributed by atoms with Crippen molar-refractivity contribution in [2.75, 3.05) is 13.7 Å². The monoisotopic (exact) mass is 376 g/mol. The van der Waals surface area contributed by atoms with Gasteiger partial charge in [0.05, 0.1) is 18.2 Å². The van der Waals surface area contributed by atoms with Crippen molar-refractivity contribution in [2.24, 2.45) is 0 Å². The topological polar surface area (TPSA) is 52.8 Å². The Kier molecular flexibility index (Phi) is 5.55. The summed E-state index contributed by atoms with van der Waals surface area (Å²) in [6, 6.07) is 12.6. The van der Waals surface area contributed by atoms with Gasteiger partial charge in [-0.05, 0) is 41.8 Å². The van der Waals surface area contributed by atoms with E-state index < -0.39 is 11.7 Å². The zero-order chi connectivity index (χ0) is 19.4. The highest BCUT2D eigenvalue weighted by molar-refractivity contribution is 5.60. The molecular weight excluding hydrogens is 357 g/mol. The van der Waals surface area contributed by atoms with E-state index >= 15 is 0 Å². The van der Waals surface area contributed by atoms with Gasteiger partial charge >= 0.3 is 6.18 Å². The van der Waals surface area contributed by atoms with Crippen molar-refractivity contribution in [3.8, 4) is 11.4 Å². The van der Waals surface area contributed by atoms with Crippen molar-refractivity contribution >= 4 is 0 Å². The Balaban J connectivity index is 1.84. The second-order valence-electron chi connectivity index (χ2n) is 6.27. The van der Waals surface area contributed by atoms with Gasteiger partial charge in [0.15, 0.2) is 0 Å². The molecule has 1 heterocycles. The van der Waals surface area contributed by atoms with Crippen molar-refractivity contribution < 1.29 is 17.9 Å². The highest BCUT2D eigenvalue weighted by atomic mass is 19.4. The predicted octanol–water partition coefficient (Wildman–Crippen LogP) is 4.16. The van der Waals surface area contributed by atoms with Crippen LogP contribution < -0.4 is 0 Å². The minimum atomic E-state index is -4.34. The lowest BCUT2D eigenvalue weighted by Gasteiger charge is -2.10. The van der Waals surface area contributed by atoms with Crippen LogP contribution in [0.15, 0.2) is 48.5 Å². The Hall–Kier alpha value is -2.74. The lowest BCUT2D eigenvalue weighted by atomic mass is 9.98. The molecule has 0 saturated carbocycles. The first-order valence-electron chi connectivity index (χ1n) is 8.41. The SMILES string of the molecule is COCC(C)n1nnc(-c2ccccc2Cc2ccc(C(F)(F)F)cc2)n1. The summed E-state index contributed by atoms with van der Waals surface area (Å²) in [4.78, 5) is 1.49. The number of benzene rings is 2. The molecule has 0 aliphatic rings. The fraction of sp³-hybridized carbons (Fsp3) is 0.316. The van der Waals surface area contributed by atoms with E-state index in [9.17, 15) is 13.2 Å². The van der Waals surface area contributed by atoms with Gasteiger partial charge in [-0.15, -0.1) is 10.2 Å². The molecule has 1 unspecified atom stereocenters. The van der Waals surface area contributed by atoms with E-state index in [0.717, 1.165) is 28.8 Å². The van der Waals surface area contributed by atoms with Gasteiger partial charge in [0.1, 0.15) is 0 Å². The summed E-state index contributed by atoms with van der Waals surface area (Å²) in [7, 11) is 1.60. The van der Waals surface area contributed by atoms with Crippen LogP contribution >= 0.6 is 0 Å². The third-order valence-corrected chi connectivity index (χ3v) is 4.16. The molecule has 0 radical (unpaired) electrons. The summed E-state index contributed by atoms with van der Waals surface area (Å²) in [5.41, 5.74) is 1.83. The zero-order valence-corrected chi connectivity index (χ0v) is 14.9. The first-order valence-corrected chi connectivity index (χ1v) is 8.41. The summed E-state index contributed by atoms with van der Waals surface area (Å²) in [6.07, 6.45) is -3.87. The van der Waals surface area contributed by atoms with E-state index in [1.807, 2.05) is 31.2 Å². The van der Waals surface area contributed by atoms with E-state index in [4.69, 9.17) is 4.74 Å². The van der Waals surface area contributed by atoms with Crippen LogP contribution in [0.5, 0.6) is 0 Å². The van der Waals surface area contributed by atoms with Crippen LogP contribution in [-0.4, -0.2) is 33.9 Å². The molecule has 2 aromatic carbocycles. The molecule has 0 aliphatic carbocycles. The quantitative estimate of drug-likeness (QED) is 0.648. The standard InChI is InChI=1S/C19H19F3N4O/c1-13(12-27-2)26-24-18(23-25-26)17-6-4-3-5-15(17)11-14-7-9-16(10-8-14)19(20,21)22/h3-10,13H,11-12H2,1-2H3. The second-order valence-corrected chi connectivity index (χ2v) is 6.27. The largest absolute Gasteiger partial charge is 0.416 e. The highest BCUT2D eigenvalue weighted by Crippen LogP contribution is 2.30. The van der Waals surface area contributed by atoms with Crippen molar-refractivity contribution in [2.45, 2.75) is 25.6 Å². The van der Waals surface area contributed by atoms with E-state index in [1.165, 1.54) is 16.9 Å². The van der Waals surface area contributed by atoms with Crippen LogP contribution in [0.1, 0.15) is 29.7 Å². The molecule has 142 valence electrons. The number of alkyl halides is 3. The number of halogens is 3. The Labute approximate surface area is 154 Å². The molecule has 0 N–H and O–H groups in total. The molecule has 3 rings (SSSR count). The van der Waals surface area contributed by atoms with Gasteiger partial charge in [-0.1, -0.05) is 36.4 Å². The smallest absolute Gasteiger partial charge is 0.382 e. The van der Waals surface area contributed by atoms with E-state index in [2.05, 4.69) is 15.4 Å². The normalized spacial score (nSPS) is 12.9. The third-order valence-electron chi connectivity index (χ3n) is 4.16. The first-order chi connectivity index (χ1) is 12.9. The summed E-state index contributed by atoms with van der Waals surface area (Å²) in [5, 5.41) is 12.6. The van der Waals surface area contributed by atoms with Crippen LogP contribution in [0, 0.1) is 0 Å². The molecule has 0 aliphatic heterocycles. The lowest BCUT2D eigenvalue weighted by Crippen LogP contribution is -2.14. The molecule has 0 spiro atoms. The van der Waals surface area contributed by atoms with Crippen molar-refractivity contribution in [3.05, 3.63) is 65.2 Å². The number of aromatic nitrogens is 4. The van der Waals surface area contributed by atoms with Gasteiger partial charge in [0.25, 0.3) is 0 Å². The molecule has 0 bridgehead atoms. The predicted molar refractivity (Wildman–Crippen MR) is 94.1 cm³/mol. The van der Waals surface area contributed by atoms with Gasteiger partial charge in [0, 0.05) is 12.7 Å². The molecule has 3 aromatic rings. The molecule has 5 nitrogen and oxygen atoms in total. The number of tetrazole rings is 1. The van der Waals surface area contributed by atoms with Crippen LogP contribution in [0.2, 0.25) is 0 Å². The summed E-state index contributed by atoms with van der Waals surface area (Å²) in [5.74, 6) is 0.473. The Morgan fingerprint density at radius 1 is 1.07 bits per heavy atom. The van der Waals surface area contributed by atoms with Crippen molar-refractivity contribution in [3.63, 3.8) is 0 Å². The number of methoxy groups -OCH3 is 1. The Bertz CT molecular complexity index is 890. The summed E-state index contributed by atoms with van der Waals surface area (Å²) in [6.45, 7) is 2.38. The highest BCUT2D eigenvalue weighted by Gasteiger charge is 2.29. The number of ether oxygens (including phenoxy) is 1. The van der Waals surface area contributed by atoms with Crippen LogP contribution in [0.3, 0.4) is 0 Å². The Morgan fingerprint density at radius 3 is 2.44 bits per heavy atom. The number of rotatable bonds is 6. The van der Waals surface area contributed by atoms with E-state index in [0.29, 0.717) is 18.9 Å². The van der Waals surface area contributed by atoms with Crippen LogP contribution in [0.4, 0.5) is 13.2 Å². The second kappa shape index (κ2) is 7.87. The van der Waals surface area contributed by atoms with E-state index in [1.54, 1.807) is 7.11 Å². The van der Waals surface area contributed by atoms with E-state index in [-0.39, 0.29) is 6.04 Å². The molecule has 0 amide bonds. The molecule has 8 heteroatoms. The van der Waals surface area contributed by atoms with Gasteiger partial charge < -0.3 is 4.74 Å². The number of hydrogen-bond acceptors (Lipinski definition) is 4. The van der Waals surface area contributed by atoms with Crippen molar-refractivity contribution in [1.82, 2.24) is 20.2 Å². The average Bonchev–Trinajstić information content (AvgIpc) is 3.12. The third kappa shape index (κ3) is 4.51. The molecule has 1 aromatic heterocycles. The van der Waals surface area contributed by atoms with Crippen molar-refractivity contribution in [1.29, 1.82) is 0 Å². The summed E-state index contributed by atoms with van der Waals surface area (Å²) < 4.78 is 43.3. The van der Waals surface area contributed by atoms with Crippen LogP contribution in [-0.2, 0) is 17.3 Å². The number of nitrogens with zero attached hydrogens (tertiary/aromatic N) is 4. The minimum Gasteiger partial charge on any atom is -0.382 e.